The zero-order valence-electron chi connectivity index (χ0n) is 10.1. The summed E-state index contributed by atoms with van der Waals surface area (Å²) in [7, 11) is 0. The van der Waals surface area contributed by atoms with Crippen LogP contribution in [0.15, 0.2) is 12.1 Å². The normalized spacial score (nSPS) is 10.0. The number of amides is 2. The van der Waals surface area contributed by atoms with E-state index in [1.54, 1.807) is 19.9 Å². The van der Waals surface area contributed by atoms with Crippen molar-refractivity contribution >= 4 is 29.3 Å². The van der Waals surface area contributed by atoms with Crippen LogP contribution in [0.5, 0.6) is 0 Å². The lowest BCUT2D eigenvalue weighted by Gasteiger charge is -2.23. The lowest BCUT2D eigenvalue weighted by molar-refractivity contribution is 0.250. The largest absolute Gasteiger partial charge is 0.370 e. The summed E-state index contributed by atoms with van der Waals surface area (Å²) in [5, 5.41) is 9.37. The van der Waals surface area contributed by atoms with Crippen LogP contribution < -0.4 is 16.0 Å². The van der Waals surface area contributed by atoms with Crippen molar-refractivity contribution < 1.29 is 9.18 Å². The number of aryl methyl sites for hydroxylation is 1. The molecule has 0 aliphatic rings. The van der Waals surface area contributed by atoms with Gasteiger partial charge in [0, 0.05) is 11.6 Å². The third-order valence-corrected chi connectivity index (χ3v) is 2.51. The Morgan fingerprint density at radius 2 is 2.22 bits per heavy atom. The zero-order chi connectivity index (χ0) is 13.9. The third kappa shape index (κ3) is 3.10. The minimum Gasteiger partial charge on any atom is -0.370 e. The second kappa shape index (κ2) is 5.68. The van der Waals surface area contributed by atoms with Gasteiger partial charge < -0.3 is 5.73 Å². The summed E-state index contributed by atoms with van der Waals surface area (Å²) in [6.07, 6.45) is 0. The van der Waals surface area contributed by atoms with Crippen LogP contribution in [0, 0.1) is 18.2 Å². The zero-order valence-corrected chi connectivity index (χ0v) is 10.8. The second-order valence-electron chi connectivity index (χ2n) is 3.64. The average Bonchev–Trinajstić information content (AvgIpc) is 2.21. The molecule has 7 heteroatoms. The van der Waals surface area contributed by atoms with Crippen molar-refractivity contribution in [2.24, 2.45) is 5.73 Å². The molecule has 0 atom stereocenters. The molecule has 0 aliphatic heterocycles. The third-order valence-electron chi connectivity index (χ3n) is 2.29. The highest BCUT2D eigenvalue weighted by Crippen LogP contribution is 2.27. The topological polar surface area (TPSA) is 82.2 Å². The van der Waals surface area contributed by atoms with E-state index in [2.05, 4.69) is 5.32 Å². The molecular formula is C11H14ClFN4O. The molecule has 0 heterocycles. The van der Waals surface area contributed by atoms with Gasteiger partial charge in [0.25, 0.3) is 0 Å². The number of urea groups is 1. The Morgan fingerprint density at radius 3 is 2.67 bits per heavy atom. The van der Waals surface area contributed by atoms with Crippen LogP contribution in [0.1, 0.15) is 12.5 Å². The molecule has 4 N–H and O–H groups in total. The SMILES string of the molecule is CCN(C(=O)NC(=N)N)c1c(C)cc(Cl)cc1F. The Morgan fingerprint density at radius 1 is 1.61 bits per heavy atom. The Hall–Kier alpha value is -1.82. The fourth-order valence-corrected chi connectivity index (χ4v) is 1.88. The number of nitrogens with one attached hydrogen (secondary N) is 2. The maximum absolute atomic E-state index is 13.9. The molecule has 0 unspecified atom stereocenters. The van der Waals surface area contributed by atoms with Crippen LogP contribution >= 0.6 is 11.6 Å². The van der Waals surface area contributed by atoms with Crippen molar-refractivity contribution in [3.63, 3.8) is 0 Å². The number of nitrogens with two attached hydrogens (primary N) is 1. The maximum atomic E-state index is 13.9. The van der Waals surface area contributed by atoms with E-state index in [1.807, 2.05) is 0 Å². The van der Waals surface area contributed by atoms with E-state index in [1.165, 1.54) is 0 Å². The van der Waals surface area contributed by atoms with E-state index < -0.39 is 17.8 Å². The Kier molecular flexibility index (Phi) is 4.49. The van der Waals surface area contributed by atoms with Gasteiger partial charge in [-0.2, -0.15) is 0 Å². The van der Waals surface area contributed by atoms with Crippen LogP contribution in [-0.4, -0.2) is 18.5 Å². The van der Waals surface area contributed by atoms with E-state index in [4.69, 9.17) is 22.7 Å². The molecule has 0 saturated carbocycles. The van der Waals surface area contributed by atoms with Crippen molar-refractivity contribution in [3.05, 3.63) is 28.5 Å². The molecule has 0 fully saturated rings. The van der Waals surface area contributed by atoms with Crippen LogP contribution in [0.25, 0.3) is 0 Å². The highest BCUT2D eigenvalue weighted by molar-refractivity contribution is 6.30. The van der Waals surface area contributed by atoms with Gasteiger partial charge in [0.15, 0.2) is 5.96 Å². The van der Waals surface area contributed by atoms with Gasteiger partial charge in [-0.15, -0.1) is 0 Å². The maximum Gasteiger partial charge on any atom is 0.328 e. The molecule has 5 nitrogen and oxygen atoms in total. The number of carbonyl (C=O) groups excluding carboxylic acids is 1. The fraction of sp³-hybridized carbons (Fsp3) is 0.273. The van der Waals surface area contributed by atoms with Crippen LogP contribution in [0.2, 0.25) is 5.02 Å². The summed E-state index contributed by atoms with van der Waals surface area (Å²) in [5.74, 6) is -1.09. The van der Waals surface area contributed by atoms with Crippen molar-refractivity contribution in [1.82, 2.24) is 5.32 Å². The molecule has 0 bridgehead atoms. The molecule has 2 amide bonds. The van der Waals surface area contributed by atoms with Gasteiger partial charge in [0.2, 0.25) is 0 Å². The summed E-state index contributed by atoms with van der Waals surface area (Å²) in [6.45, 7) is 3.57. The van der Waals surface area contributed by atoms with Gasteiger partial charge in [0.1, 0.15) is 5.82 Å². The van der Waals surface area contributed by atoms with E-state index in [9.17, 15) is 9.18 Å². The summed E-state index contributed by atoms with van der Waals surface area (Å²) in [5.41, 5.74) is 5.73. The Bertz CT molecular complexity index is 469. The Labute approximate surface area is 109 Å². The molecule has 0 aromatic heterocycles. The van der Waals surface area contributed by atoms with E-state index >= 15 is 0 Å². The molecule has 0 saturated heterocycles. The summed E-state index contributed by atoms with van der Waals surface area (Å²) in [4.78, 5) is 12.9. The van der Waals surface area contributed by atoms with Crippen molar-refractivity contribution in [3.8, 4) is 0 Å². The number of benzene rings is 1. The van der Waals surface area contributed by atoms with Crippen LogP contribution in [0.3, 0.4) is 0 Å². The minimum absolute atomic E-state index is 0.126. The monoisotopic (exact) mass is 272 g/mol. The number of hydrogen-bond donors (Lipinski definition) is 3. The number of carbonyl (C=O) groups is 1. The summed E-state index contributed by atoms with van der Waals surface area (Å²) < 4.78 is 13.9. The molecule has 98 valence electrons. The Balaban J connectivity index is 3.17. The first kappa shape index (κ1) is 14.2. The van der Waals surface area contributed by atoms with Gasteiger partial charge in [-0.1, -0.05) is 11.6 Å². The highest BCUT2D eigenvalue weighted by atomic mass is 35.5. The molecule has 0 aliphatic carbocycles. The predicted octanol–water partition coefficient (Wildman–Crippen LogP) is 2.22. The molecule has 18 heavy (non-hydrogen) atoms. The number of anilines is 1. The summed E-state index contributed by atoms with van der Waals surface area (Å²) >= 11 is 5.72. The molecule has 1 aromatic carbocycles. The smallest absolute Gasteiger partial charge is 0.328 e. The van der Waals surface area contributed by atoms with Gasteiger partial charge in [-0.3, -0.25) is 15.6 Å². The number of rotatable bonds is 2. The molecule has 1 aromatic rings. The number of halogens is 2. The van der Waals surface area contributed by atoms with Crippen molar-refractivity contribution in [2.45, 2.75) is 13.8 Å². The highest BCUT2D eigenvalue weighted by Gasteiger charge is 2.20. The standard InChI is InChI=1S/C11H14ClFN4O/c1-3-17(11(18)16-10(14)15)9-6(2)4-7(12)5-8(9)13/h4-5H,3H2,1-2H3,(H4,14,15,16,18). The molecule has 0 radical (unpaired) electrons. The van der Waals surface area contributed by atoms with Crippen LogP contribution in [-0.2, 0) is 0 Å². The van der Waals surface area contributed by atoms with Crippen LogP contribution in [0.4, 0.5) is 14.9 Å². The number of nitrogens with zero attached hydrogens (tertiary/aromatic N) is 1. The van der Waals surface area contributed by atoms with Crippen molar-refractivity contribution in [2.75, 3.05) is 11.4 Å². The number of hydrogen-bond acceptors (Lipinski definition) is 2. The van der Waals surface area contributed by atoms with E-state index in [-0.39, 0.29) is 17.3 Å². The van der Waals surface area contributed by atoms with Gasteiger partial charge in [0.05, 0.1) is 5.69 Å². The van der Waals surface area contributed by atoms with Gasteiger partial charge in [-0.05, 0) is 31.5 Å². The van der Waals surface area contributed by atoms with Gasteiger partial charge in [-0.25, -0.2) is 9.18 Å². The summed E-state index contributed by atoms with van der Waals surface area (Å²) in [6, 6.07) is 2.03. The average molecular weight is 273 g/mol. The first-order valence-corrected chi connectivity index (χ1v) is 5.62. The molecule has 1 rings (SSSR count). The lowest BCUT2D eigenvalue weighted by atomic mass is 10.1. The van der Waals surface area contributed by atoms with E-state index in [0.29, 0.717) is 5.56 Å². The molecule has 0 spiro atoms. The second-order valence-corrected chi connectivity index (χ2v) is 4.08. The minimum atomic E-state index is -0.658. The fourth-order valence-electron chi connectivity index (χ4n) is 1.62. The molecular weight excluding hydrogens is 259 g/mol. The quantitative estimate of drug-likeness (QED) is 0.570. The predicted molar refractivity (Wildman–Crippen MR) is 69.6 cm³/mol. The lowest BCUT2D eigenvalue weighted by Crippen LogP contribution is -2.46. The van der Waals surface area contributed by atoms with Crippen molar-refractivity contribution in [1.29, 1.82) is 5.41 Å². The van der Waals surface area contributed by atoms with Gasteiger partial charge >= 0.3 is 6.03 Å². The first-order valence-electron chi connectivity index (χ1n) is 5.25. The van der Waals surface area contributed by atoms with E-state index in [0.717, 1.165) is 11.0 Å². The number of guanidine groups is 1. The first-order chi connectivity index (χ1) is 8.36.